The van der Waals surface area contributed by atoms with Crippen LogP contribution in [0.3, 0.4) is 0 Å². The number of anilines is 1. The van der Waals surface area contributed by atoms with E-state index in [2.05, 4.69) is 15.7 Å². The van der Waals surface area contributed by atoms with Crippen molar-refractivity contribution in [2.45, 2.75) is 12.5 Å². The van der Waals surface area contributed by atoms with Gasteiger partial charge in [0, 0.05) is 12.2 Å². The molecule has 18 heavy (non-hydrogen) atoms. The molecular weight excluding hydrogens is 256 g/mol. The van der Waals surface area contributed by atoms with E-state index in [1.165, 1.54) is 18.5 Å². The number of hydrazine groups is 1. The fraction of sp³-hybridized carbons (Fsp3) is 0.400. The number of nitrogens with zero attached hydrogens (tertiary/aromatic N) is 1. The Morgan fingerprint density at radius 3 is 2.89 bits per heavy atom. The zero-order chi connectivity index (χ0) is 13.2. The van der Waals surface area contributed by atoms with Crippen molar-refractivity contribution >= 4 is 21.4 Å². The lowest BCUT2D eigenvalue weighted by molar-refractivity contribution is 0.0942. The summed E-state index contributed by atoms with van der Waals surface area (Å²) in [7, 11) is -3.01. The second-order valence-electron chi connectivity index (χ2n) is 4.14. The van der Waals surface area contributed by atoms with Crippen molar-refractivity contribution in [3.8, 4) is 0 Å². The van der Waals surface area contributed by atoms with Crippen molar-refractivity contribution in [3.63, 3.8) is 0 Å². The largest absolute Gasteiger partial charge is 0.348 e. The minimum absolute atomic E-state index is 0.00475. The molecule has 0 saturated carbocycles. The number of pyridine rings is 1. The molecule has 8 heteroatoms. The zero-order valence-corrected chi connectivity index (χ0v) is 10.4. The molecule has 2 heterocycles. The third-order valence-corrected chi connectivity index (χ3v) is 4.56. The number of carbonyl (C=O) groups is 1. The van der Waals surface area contributed by atoms with Crippen LogP contribution in [0.2, 0.25) is 0 Å². The molecule has 4 N–H and O–H groups in total. The van der Waals surface area contributed by atoms with Crippen molar-refractivity contribution in [1.82, 2.24) is 10.3 Å². The fourth-order valence-corrected chi connectivity index (χ4v) is 3.55. The number of hydrogen-bond acceptors (Lipinski definition) is 6. The van der Waals surface area contributed by atoms with E-state index in [9.17, 15) is 13.2 Å². The van der Waals surface area contributed by atoms with Crippen LogP contribution < -0.4 is 16.6 Å². The summed E-state index contributed by atoms with van der Waals surface area (Å²) in [6.07, 6.45) is 3.35. The van der Waals surface area contributed by atoms with Crippen LogP contribution in [-0.2, 0) is 9.84 Å². The maximum absolute atomic E-state index is 12.0. The van der Waals surface area contributed by atoms with Gasteiger partial charge in [-0.05, 0) is 12.5 Å². The van der Waals surface area contributed by atoms with Crippen molar-refractivity contribution < 1.29 is 13.2 Å². The third-order valence-electron chi connectivity index (χ3n) is 2.79. The van der Waals surface area contributed by atoms with E-state index in [1.807, 2.05) is 0 Å². The van der Waals surface area contributed by atoms with Crippen LogP contribution in [-0.4, -0.2) is 36.9 Å². The van der Waals surface area contributed by atoms with E-state index >= 15 is 0 Å². The van der Waals surface area contributed by atoms with Crippen LogP contribution in [0, 0.1) is 0 Å². The Balaban J connectivity index is 2.09. The number of aromatic nitrogens is 1. The topological polar surface area (TPSA) is 114 Å². The van der Waals surface area contributed by atoms with Crippen LogP contribution >= 0.6 is 0 Å². The number of nitrogens with two attached hydrogens (primary N) is 1. The Kier molecular flexibility index (Phi) is 3.48. The van der Waals surface area contributed by atoms with Gasteiger partial charge in [0.2, 0.25) is 0 Å². The summed E-state index contributed by atoms with van der Waals surface area (Å²) >= 11 is 0. The van der Waals surface area contributed by atoms with Crippen molar-refractivity contribution in [1.29, 1.82) is 0 Å². The van der Waals surface area contributed by atoms with Crippen LogP contribution in [0.5, 0.6) is 0 Å². The SMILES string of the molecule is NNc1cnccc1C(=O)NC1CCS(=O)(=O)C1. The van der Waals surface area contributed by atoms with Crippen LogP contribution in [0.1, 0.15) is 16.8 Å². The first-order chi connectivity index (χ1) is 8.52. The first-order valence-corrected chi connectivity index (χ1v) is 7.26. The van der Waals surface area contributed by atoms with Crippen LogP contribution in [0.15, 0.2) is 18.5 Å². The summed E-state index contributed by atoms with van der Waals surface area (Å²) in [6.45, 7) is 0. The molecule has 1 aliphatic heterocycles. The normalized spacial score (nSPS) is 21.5. The highest BCUT2D eigenvalue weighted by molar-refractivity contribution is 7.91. The average molecular weight is 270 g/mol. The lowest BCUT2D eigenvalue weighted by atomic mass is 10.2. The van der Waals surface area contributed by atoms with Gasteiger partial charge < -0.3 is 10.7 Å². The first-order valence-electron chi connectivity index (χ1n) is 5.44. The summed E-state index contributed by atoms with van der Waals surface area (Å²) < 4.78 is 22.6. The first kappa shape index (κ1) is 12.8. The van der Waals surface area contributed by atoms with E-state index in [0.717, 1.165) is 0 Å². The van der Waals surface area contributed by atoms with Gasteiger partial charge in [-0.1, -0.05) is 0 Å². The molecule has 0 aromatic carbocycles. The summed E-state index contributed by atoms with van der Waals surface area (Å²) in [5, 5.41) is 2.68. The van der Waals surface area contributed by atoms with Gasteiger partial charge in [0.15, 0.2) is 9.84 Å². The predicted molar refractivity (Wildman–Crippen MR) is 66.6 cm³/mol. The molecule has 1 unspecified atom stereocenters. The van der Waals surface area contributed by atoms with E-state index in [-0.39, 0.29) is 23.5 Å². The number of carbonyl (C=O) groups excluding carboxylic acids is 1. The van der Waals surface area contributed by atoms with Crippen LogP contribution in [0.4, 0.5) is 5.69 Å². The highest BCUT2D eigenvalue weighted by Crippen LogP contribution is 2.15. The number of hydrogen-bond donors (Lipinski definition) is 3. The molecule has 1 saturated heterocycles. The van der Waals surface area contributed by atoms with E-state index < -0.39 is 9.84 Å². The summed E-state index contributed by atoms with van der Waals surface area (Å²) in [5.74, 6) is 5.04. The second kappa shape index (κ2) is 4.91. The minimum atomic E-state index is -3.01. The highest BCUT2D eigenvalue weighted by Gasteiger charge is 2.29. The molecule has 0 radical (unpaired) electrons. The van der Waals surface area contributed by atoms with E-state index in [0.29, 0.717) is 17.7 Å². The summed E-state index contributed by atoms with van der Waals surface area (Å²) in [5.41, 5.74) is 3.12. The minimum Gasteiger partial charge on any atom is -0.348 e. The quantitative estimate of drug-likeness (QED) is 0.493. The third kappa shape index (κ3) is 2.77. The van der Waals surface area contributed by atoms with Gasteiger partial charge in [-0.2, -0.15) is 0 Å². The molecule has 98 valence electrons. The summed E-state index contributed by atoms with van der Waals surface area (Å²) in [6, 6.07) is 1.19. The Labute approximate surface area is 105 Å². The van der Waals surface area contributed by atoms with Gasteiger partial charge in [0.25, 0.3) is 5.91 Å². The molecule has 1 aliphatic rings. The fourth-order valence-electron chi connectivity index (χ4n) is 1.88. The van der Waals surface area contributed by atoms with Crippen molar-refractivity contribution in [2.75, 3.05) is 16.9 Å². The summed E-state index contributed by atoms with van der Waals surface area (Å²) in [4.78, 5) is 15.8. The lowest BCUT2D eigenvalue weighted by Gasteiger charge is -2.12. The molecule has 7 nitrogen and oxygen atoms in total. The van der Waals surface area contributed by atoms with Crippen molar-refractivity contribution in [3.05, 3.63) is 24.0 Å². The molecule has 2 rings (SSSR count). The molecule has 1 atom stereocenters. The van der Waals surface area contributed by atoms with Crippen LogP contribution in [0.25, 0.3) is 0 Å². The molecule has 1 aromatic rings. The molecule has 1 fully saturated rings. The second-order valence-corrected chi connectivity index (χ2v) is 6.37. The Morgan fingerprint density at radius 1 is 1.50 bits per heavy atom. The number of nitrogens with one attached hydrogen (secondary N) is 2. The Morgan fingerprint density at radius 2 is 2.28 bits per heavy atom. The monoisotopic (exact) mass is 270 g/mol. The Hall–Kier alpha value is -1.67. The van der Waals surface area contributed by atoms with Gasteiger partial charge in [-0.3, -0.25) is 15.6 Å². The van der Waals surface area contributed by atoms with E-state index in [1.54, 1.807) is 0 Å². The number of sulfone groups is 1. The van der Waals surface area contributed by atoms with Gasteiger partial charge in [-0.15, -0.1) is 0 Å². The predicted octanol–water partition coefficient (Wildman–Crippen LogP) is -0.716. The molecule has 0 spiro atoms. The zero-order valence-electron chi connectivity index (χ0n) is 9.59. The number of nitrogen functional groups attached to an aromatic ring is 1. The standard InChI is InChI=1S/C10H14N4O3S/c11-14-9-5-12-3-1-8(9)10(15)13-7-2-4-18(16,17)6-7/h1,3,5,7,14H,2,4,6,11H2,(H,13,15). The average Bonchev–Trinajstić information content (AvgIpc) is 2.68. The molecule has 1 amide bonds. The maximum atomic E-state index is 12.0. The number of amides is 1. The lowest BCUT2D eigenvalue weighted by Crippen LogP contribution is -2.36. The smallest absolute Gasteiger partial charge is 0.253 e. The maximum Gasteiger partial charge on any atom is 0.253 e. The highest BCUT2D eigenvalue weighted by atomic mass is 32.2. The molecule has 0 bridgehead atoms. The van der Waals surface area contributed by atoms with Crippen molar-refractivity contribution in [2.24, 2.45) is 5.84 Å². The Bertz CT molecular complexity index is 558. The van der Waals surface area contributed by atoms with E-state index in [4.69, 9.17) is 5.84 Å². The molecular formula is C10H14N4O3S. The molecule has 1 aromatic heterocycles. The van der Waals surface area contributed by atoms with Gasteiger partial charge in [-0.25, -0.2) is 8.42 Å². The molecule has 0 aliphatic carbocycles. The van der Waals surface area contributed by atoms with Gasteiger partial charge in [0.1, 0.15) is 0 Å². The van der Waals surface area contributed by atoms with Gasteiger partial charge in [0.05, 0.1) is 29.0 Å². The number of rotatable bonds is 3. The van der Waals surface area contributed by atoms with Gasteiger partial charge >= 0.3 is 0 Å².